The number of benzene rings is 2. The van der Waals surface area contributed by atoms with Crippen LogP contribution < -0.4 is 0 Å². The lowest BCUT2D eigenvalue weighted by molar-refractivity contribution is 0.0975. The van der Waals surface area contributed by atoms with Gasteiger partial charge in [0.1, 0.15) is 0 Å². The highest BCUT2D eigenvalue weighted by molar-refractivity contribution is 5.19. The van der Waals surface area contributed by atoms with Gasteiger partial charge in [-0.05, 0) is 61.0 Å². The van der Waals surface area contributed by atoms with Crippen LogP contribution >= 0.6 is 0 Å². The third kappa shape index (κ3) is 4.29. The van der Waals surface area contributed by atoms with E-state index in [2.05, 4.69) is 67.6 Å². The Bertz CT molecular complexity index is 580. The molecule has 0 aliphatic heterocycles. The van der Waals surface area contributed by atoms with Gasteiger partial charge in [0.05, 0.1) is 0 Å². The zero-order valence-electron chi connectivity index (χ0n) is 15.2. The van der Waals surface area contributed by atoms with Crippen molar-refractivity contribution in [1.29, 1.82) is 0 Å². The lowest BCUT2D eigenvalue weighted by Crippen LogP contribution is -2.34. The summed E-state index contributed by atoms with van der Waals surface area (Å²) in [4.78, 5) is 0. The molecular formula is C24H32. The van der Waals surface area contributed by atoms with Gasteiger partial charge in [0.25, 0.3) is 0 Å². The molecule has 3 rings (SSSR count). The van der Waals surface area contributed by atoms with Crippen LogP contribution in [0.1, 0.15) is 63.0 Å². The molecule has 1 aliphatic rings. The first-order chi connectivity index (χ1) is 11.8. The Labute approximate surface area is 148 Å². The van der Waals surface area contributed by atoms with Gasteiger partial charge in [0.15, 0.2) is 0 Å². The van der Waals surface area contributed by atoms with E-state index in [9.17, 15) is 0 Å². The minimum Gasteiger partial charge on any atom is -0.0648 e. The summed E-state index contributed by atoms with van der Waals surface area (Å²) in [7, 11) is 0. The molecule has 1 fully saturated rings. The molecule has 2 aromatic rings. The largest absolute Gasteiger partial charge is 0.0648 e. The summed E-state index contributed by atoms with van der Waals surface area (Å²) in [5.41, 5.74) is 3.50. The van der Waals surface area contributed by atoms with E-state index in [1.807, 2.05) is 0 Å². The second-order valence-corrected chi connectivity index (χ2v) is 7.70. The Kier molecular flexibility index (Phi) is 6.12. The molecular weight excluding hydrogens is 288 g/mol. The van der Waals surface area contributed by atoms with Gasteiger partial charge < -0.3 is 0 Å². The van der Waals surface area contributed by atoms with E-state index in [0.717, 1.165) is 5.92 Å². The summed E-state index contributed by atoms with van der Waals surface area (Å²) >= 11 is 0. The van der Waals surface area contributed by atoms with Crippen LogP contribution in [0.15, 0.2) is 60.7 Å². The topological polar surface area (TPSA) is 0 Å². The van der Waals surface area contributed by atoms with Gasteiger partial charge in [0.2, 0.25) is 0 Å². The Hall–Kier alpha value is -1.56. The van der Waals surface area contributed by atoms with Crippen molar-refractivity contribution in [2.24, 2.45) is 11.3 Å². The Balaban J connectivity index is 1.80. The predicted molar refractivity (Wildman–Crippen MR) is 104 cm³/mol. The maximum atomic E-state index is 2.43. The van der Waals surface area contributed by atoms with Crippen LogP contribution in [0.25, 0.3) is 0 Å². The van der Waals surface area contributed by atoms with E-state index in [-0.39, 0.29) is 0 Å². The van der Waals surface area contributed by atoms with Crippen molar-refractivity contribution in [3.8, 4) is 0 Å². The molecule has 0 spiro atoms. The summed E-state index contributed by atoms with van der Waals surface area (Å²) in [6.45, 7) is 2.43. The number of hydrogen-bond acceptors (Lipinski definition) is 0. The van der Waals surface area contributed by atoms with Gasteiger partial charge in [-0.3, -0.25) is 0 Å². The van der Waals surface area contributed by atoms with Gasteiger partial charge in [-0.2, -0.15) is 0 Å². The van der Waals surface area contributed by atoms with Crippen LogP contribution in [0.2, 0.25) is 0 Å². The number of rotatable bonds is 7. The quantitative estimate of drug-likeness (QED) is 0.524. The van der Waals surface area contributed by atoms with Crippen LogP contribution in [-0.4, -0.2) is 0 Å². The van der Waals surface area contributed by atoms with E-state index < -0.39 is 0 Å². The third-order valence-electron chi connectivity index (χ3n) is 6.33. The highest BCUT2D eigenvalue weighted by atomic mass is 14.4. The fourth-order valence-corrected chi connectivity index (χ4v) is 4.78. The summed E-state index contributed by atoms with van der Waals surface area (Å²) in [5, 5.41) is 0. The predicted octanol–water partition coefficient (Wildman–Crippen LogP) is 6.84. The summed E-state index contributed by atoms with van der Waals surface area (Å²) < 4.78 is 0. The van der Waals surface area contributed by atoms with Crippen molar-refractivity contribution < 1.29 is 0 Å². The zero-order valence-corrected chi connectivity index (χ0v) is 15.2. The maximum absolute atomic E-state index is 2.43. The molecule has 0 heteroatoms. The minimum atomic E-state index is 0.470. The molecule has 1 atom stereocenters. The van der Waals surface area contributed by atoms with E-state index in [0.29, 0.717) is 5.41 Å². The molecule has 0 heterocycles. The lowest BCUT2D eigenvalue weighted by atomic mass is 9.62. The molecule has 0 saturated heterocycles. The number of hydrogen-bond donors (Lipinski definition) is 0. The number of aryl methyl sites for hydroxylation is 1. The fourth-order valence-electron chi connectivity index (χ4n) is 4.78. The second-order valence-electron chi connectivity index (χ2n) is 7.70. The van der Waals surface area contributed by atoms with Crippen LogP contribution in [0.4, 0.5) is 0 Å². The molecule has 0 N–H and O–H groups in total. The Morgan fingerprint density at radius 3 is 1.96 bits per heavy atom. The normalized spacial score (nSPS) is 18.2. The highest BCUT2D eigenvalue weighted by Crippen LogP contribution is 2.46. The van der Waals surface area contributed by atoms with Crippen LogP contribution in [0.3, 0.4) is 0 Å². The molecule has 2 aromatic carbocycles. The first-order valence-electron chi connectivity index (χ1n) is 9.90. The maximum Gasteiger partial charge on any atom is -0.0219 e. The van der Waals surface area contributed by atoms with E-state index >= 15 is 0 Å². The first kappa shape index (κ1) is 17.3. The standard InChI is InChI=1S/C24H32/c1-2-24(23-16-10-5-11-17-23,20-22-14-8-4-9-15-22)19-18-21-12-6-3-7-13-21/h3-4,6-9,12-15,23H,2,5,10-11,16-20H2,1H3. The van der Waals surface area contributed by atoms with Crippen molar-refractivity contribution in [3.63, 3.8) is 0 Å². The van der Waals surface area contributed by atoms with Gasteiger partial charge in [-0.25, -0.2) is 0 Å². The van der Waals surface area contributed by atoms with Crippen LogP contribution in [-0.2, 0) is 12.8 Å². The molecule has 1 aliphatic carbocycles. The molecule has 1 unspecified atom stereocenters. The van der Waals surface area contributed by atoms with Gasteiger partial charge in [-0.1, -0.05) is 86.8 Å². The minimum absolute atomic E-state index is 0.470. The van der Waals surface area contributed by atoms with E-state index in [1.54, 1.807) is 0 Å². The van der Waals surface area contributed by atoms with E-state index in [4.69, 9.17) is 0 Å². The molecule has 24 heavy (non-hydrogen) atoms. The molecule has 0 nitrogen and oxygen atoms in total. The Morgan fingerprint density at radius 2 is 1.38 bits per heavy atom. The van der Waals surface area contributed by atoms with Crippen molar-refractivity contribution in [2.45, 2.75) is 64.7 Å². The van der Waals surface area contributed by atoms with E-state index in [1.165, 1.54) is 68.9 Å². The van der Waals surface area contributed by atoms with Crippen molar-refractivity contribution >= 4 is 0 Å². The van der Waals surface area contributed by atoms with Crippen molar-refractivity contribution in [2.75, 3.05) is 0 Å². The Morgan fingerprint density at radius 1 is 0.792 bits per heavy atom. The molecule has 128 valence electrons. The summed E-state index contributed by atoms with van der Waals surface area (Å²) in [5.74, 6) is 0.903. The van der Waals surface area contributed by atoms with Gasteiger partial charge in [-0.15, -0.1) is 0 Å². The average Bonchev–Trinajstić information content (AvgIpc) is 2.67. The SMILES string of the molecule is CCC(CCc1ccccc1)(Cc1ccccc1)C1CCCCC1. The van der Waals surface area contributed by atoms with Crippen LogP contribution in [0.5, 0.6) is 0 Å². The van der Waals surface area contributed by atoms with Crippen molar-refractivity contribution in [3.05, 3.63) is 71.8 Å². The highest BCUT2D eigenvalue weighted by Gasteiger charge is 2.37. The molecule has 0 aromatic heterocycles. The molecule has 0 radical (unpaired) electrons. The molecule has 0 amide bonds. The first-order valence-corrected chi connectivity index (χ1v) is 9.90. The lowest BCUT2D eigenvalue weighted by Gasteiger charge is -2.43. The monoisotopic (exact) mass is 320 g/mol. The zero-order chi connectivity index (χ0) is 16.7. The summed E-state index contributed by atoms with van der Waals surface area (Å²) in [6, 6.07) is 22.3. The van der Waals surface area contributed by atoms with Crippen molar-refractivity contribution in [1.82, 2.24) is 0 Å². The average molecular weight is 321 g/mol. The molecule has 1 saturated carbocycles. The summed E-state index contributed by atoms with van der Waals surface area (Å²) in [6.07, 6.45) is 12.3. The third-order valence-corrected chi connectivity index (χ3v) is 6.33. The van der Waals surface area contributed by atoms with Gasteiger partial charge in [0, 0.05) is 0 Å². The molecule has 0 bridgehead atoms. The van der Waals surface area contributed by atoms with Gasteiger partial charge >= 0.3 is 0 Å². The second kappa shape index (κ2) is 8.51. The smallest absolute Gasteiger partial charge is 0.0219 e. The fraction of sp³-hybridized carbons (Fsp3) is 0.500. The van der Waals surface area contributed by atoms with Crippen LogP contribution in [0, 0.1) is 11.3 Å².